The van der Waals surface area contributed by atoms with Gasteiger partial charge in [0.05, 0.1) is 4.92 Å². The topological polar surface area (TPSA) is 69.2 Å². The van der Waals surface area contributed by atoms with Crippen molar-refractivity contribution < 1.29 is 4.92 Å². The van der Waals surface area contributed by atoms with Gasteiger partial charge in [0.2, 0.25) is 0 Å². The van der Waals surface area contributed by atoms with Crippen molar-refractivity contribution in [2.75, 3.05) is 6.54 Å². The van der Waals surface area contributed by atoms with Gasteiger partial charge in [-0.1, -0.05) is 25.5 Å². The lowest BCUT2D eigenvalue weighted by Crippen LogP contribution is -2.15. The zero-order chi connectivity index (χ0) is 11.3. The van der Waals surface area contributed by atoms with Gasteiger partial charge in [0.15, 0.2) is 0 Å². The largest absolute Gasteiger partial charge is 0.330 e. The number of rotatable bonds is 5. The summed E-state index contributed by atoms with van der Waals surface area (Å²) in [5.41, 5.74) is 6.85. The Balaban J connectivity index is 2.67. The molecule has 1 aromatic carbocycles. The molecule has 0 bridgehead atoms. The van der Waals surface area contributed by atoms with E-state index >= 15 is 0 Å². The average Bonchev–Trinajstić information content (AvgIpc) is 2.26. The number of non-ortho nitro benzene ring substituents is 1. The van der Waals surface area contributed by atoms with Crippen molar-refractivity contribution in [3.8, 4) is 0 Å². The first kappa shape index (κ1) is 11.7. The van der Waals surface area contributed by atoms with Crippen molar-refractivity contribution in [3.05, 3.63) is 39.9 Å². The normalized spacial score (nSPS) is 12.4. The molecule has 0 aliphatic carbocycles. The number of hydrogen-bond donors (Lipinski definition) is 1. The van der Waals surface area contributed by atoms with E-state index in [9.17, 15) is 10.1 Å². The zero-order valence-electron chi connectivity index (χ0n) is 8.85. The Hall–Kier alpha value is -1.42. The van der Waals surface area contributed by atoms with Crippen LogP contribution in [0.4, 0.5) is 5.69 Å². The highest BCUT2D eigenvalue weighted by Crippen LogP contribution is 2.15. The first-order valence-corrected chi connectivity index (χ1v) is 5.10. The average molecular weight is 208 g/mol. The fourth-order valence-corrected chi connectivity index (χ4v) is 1.48. The van der Waals surface area contributed by atoms with Gasteiger partial charge >= 0.3 is 0 Å². The van der Waals surface area contributed by atoms with Gasteiger partial charge in [0.25, 0.3) is 5.69 Å². The molecule has 0 aliphatic rings. The van der Waals surface area contributed by atoms with Crippen LogP contribution in [0, 0.1) is 16.0 Å². The fraction of sp³-hybridized carbons (Fsp3) is 0.455. The van der Waals surface area contributed by atoms with Crippen molar-refractivity contribution in [1.29, 1.82) is 0 Å². The first-order chi connectivity index (χ1) is 7.17. The van der Waals surface area contributed by atoms with Crippen LogP contribution in [0.1, 0.15) is 18.9 Å². The van der Waals surface area contributed by atoms with Crippen molar-refractivity contribution in [1.82, 2.24) is 0 Å². The quantitative estimate of drug-likeness (QED) is 0.595. The van der Waals surface area contributed by atoms with Crippen LogP contribution in [0.25, 0.3) is 0 Å². The number of nitro benzene ring substituents is 1. The van der Waals surface area contributed by atoms with Crippen LogP contribution < -0.4 is 5.73 Å². The molecule has 0 aromatic heterocycles. The second kappa shape index (κ2) is 5.46. The van der Waals surface area contributed by atoms with E-state index < -0.39 is 0 Å². The molecule has 15 heavy (non-hydrogen) atoms. The monoisotopic (exact) mass is 208 g/mol. The lowest BCUT2D eigenvalue weighted by atomic mass is 9.97. The van der Waals surface area contributed by atoms with Crippen molar-refractivity contribution >= 4 is 5.69 Å². The molecule has 0 heterocycles. The maximum atomic E-state index is 10.4. The second-order valence-electron chi connectivity index (χ2n) is 3.64. The van der Waals surface area contributed by atoms with E-state index in [-0.39, 0.29) is 10.6 Å². The third kappa shape index (κ3) is 3.32. The van der Waals surface area contributed by atoms with Crippen LogP contribution in [-0.2, 0) is 6.42 Å². The zero-order valence-corrected chi connectivity index (χ0v) is 8.85. The molecule has 0 amide bonds. The Labute approximate surface area is 89.2 Å². The van der Waals surface area contributed by atoms with Gasteiger partial charge in [0.1, 0.15) is 0 Å². The molecule has 4 heteroatoms. The molecule has 0 spiro atoms. The molecule has 4 nitrogen and oxygen atoms in total. The molecule has 1 atom stereocenters. The summed E-state index contributed by atoms with van der Waals surface area (Å²) in [4.78, 5) is 10.0. The third-order valence-electron chi connectivity index (χ3n) is 2.58. The van der Waals surface area contributed by atoms with E-state index in [2.05, 4.69) is 6.92 Å². The summed E-state index contributed by atoms with van der Waals surface area (Å²) in [6, 6.07) is 6.68. The minimum absolute atomic E-state index is 0.138. The van der Waals surface area contributed by atoms with E-state index in [0.29, 0.717) is 12.5 Å². The summed E-state index contributed by atoms with van der Waals surface area (Å²) in [5.74, 6) is 0.464. The molecular formula is C11H16N2O2. The maximum Gasteiger partial charge on any atom is 0.269 e. The molecule has 2 N–H and O–H groups in total. The van der Waals surface area contributed by atoms with E-state index in [1.807, 2.05) is 0 Å². The summed E-state index contributed by atoms with van der Waals surface area (Å²) in [5, 5.41) is 10.4. The minimum atomic E-state index is -0.385. The predicted octanol–water partition coefficient (Wildman–Crippen LogP) is 2.12. The van der Waals surface area contributed by atoms with Crippen molar-refractivity contribution in [2.45, 2.75) is 19.8 Å². The third-order valence-corrected chi connectivity index (χ3v) is 2.58. The van der Waals surface area contributed by atoms with E-state index in [1.165, 1.54) is 0 Å². The molecule has 1 rings (SSSR count). The van der Waals surface area contributed by atoms with Gasteiger partial charge in [-0.2, -0.15) is 0 Å². The van der Waals surface area contributed by atoms with E-state index in [1.54, 1.807) is 24.3 Å². The smallest absolute Gasteiger partial charge is 0.269 e. The Morgan fingerprint density at radius 2 is 2.00 bits per heavy atom. The summed E-state index contributed by atoms with van der Waals surface area (Å²) in [6.45, 7) is 2.76. The summed E-state index contributed by atoms with van der Waals surface area (Å²) in [6.07, 6.45) is 1.93. The van der Waals surface area contributed by atoms with Crippen molar-refractivity contribution in [2.24, 2.45) is 11.7 Å². The predicted molar refractivity (Wildman–Crippen MR) is 59.6 cm³/mol. The summed E-state index contributed by atoms with van der Waals surface area (Å²) in [7, 11) is 0. The Morgan fingerprint density at radius 1 is 1.40 bits per heavy atom. The lowest BCUT2D eigenvalue weighted by Gasteiger charge is -2.11. The van der Waals surface area contributed by atoms with Crippen molar-refractivity contribution in [3.63, 3.8) is 0 Å². The summed E-state index contributed by atoms with van der Waals surface area (Å²) < 4.78 is 0. The molecule has 0 radical (unpaired) electrons. The SMILES string of the molecule is CCC(CN)Cc1ccc([N+](=O)[O-])cc1. The fourth-order valence-electron chi connectivity index (χ4n) is 1.48. The van der Waals surface area contributed by atoms with Gasteiger partial charge in [0, 0.05) is 12.1 Å². The standard InChI is InChI=1S/C11H16N2O2/c1-2-9(8-12)7-10-3-5-11(6-4-10)13(14)15/h3-6,9H,2,7-8,12H2,1H3. The van der Waals surface area contributed by atoms with Gasteiger partial charge in [-0.05, 0) is 24.4 Å². The van der Waals surface area contributed by atoms with Crippen LogP contribution in [0.2, 0.25) is 0 Å². The Morgan fingerprint density at radius 3 is 2.40 bits per heavy atom. The highest BCUT2D eigenvalue weighted by Gasteiger charge is 2.07. The first-order valence-electron chi connectivity index (χ1n) is 5.10. The highest BCUT2D eigenvalue weighted by molar-refractivity contribution is 5.33. The molecule has 0 fully saturated rings. The number of nitrogens with two attached hydrogens (primary N) is 1. The van der Waals surface area contributed by atoms with Gasteiger partial charge in [-0.25, -0.2) is 0 Å². The lowest BCUT2D eigenvalue weighted by molar-refractivity contribution is -0.384. The van der Waals surface area contributed by atoms with Gasteiger partial charge < -0.3 is 5.73 Å². The minimum Gasteiger partial charge on any atom is -0.330 e. The second-order valence-corrected chi connectivity index (χ2v) is 3.64. The molecule has 82 valence electrons. The number of nitrogens with zero attached hydrogens (tertiary/aromatic N) is 1. The van der Waals surface area contributed by atoms with Crippen LogP contribution in [-0.4, -0.2) is 11.5 Å². The highest BCUT2D eigenvalue weighted by atomic mass is 16.6. The van der Waals surface area contributed by atoms with Gasteiger partial charge in [-0.3, -0.25) is 10.1 Å². The Kier molecular flexibility index (Phi) is 4.24. The number of nitro groups is 1. The molecular weight excluding hydrogens is 192 g/mol. The van der Waals surface area contributed by atoms with Crippen LogP contribution in [0.15, 0.2) is 24.3 Å². The van der Waals surface area contributed by atoms with E-state index in [0.717, 1.165) is 18.4 Å². The van der Waals surface area contributed by atoms with Crippen LogP contribution in [0.3, 0.4) is 0 Å². The van der Waals surface area contributed by atoms with Crippen LogP contribution in [0.5, 0.6) is 0 Å². The molecule has 1 unspecified atom stereocenters. The maximum absolute atomic E-state index is 10.4. The molecule has 0 saturated heterocycles. The van der Waals surface area contributed by atoms with Gasteiger partial charge in [-0.15, -0.1) is 0 Å². The molecule has 0 aliphatic heterocycles. The Bertz CT molecular complexity index is 318. The molecule has 1 aromatic rings. The number of hydrogen-bond acceptors (Lipinski definition) is 3. The molecule has 0 saturated carbocycles. The number of benzene rings is 1. The van der Waals surface area contributed by atoms with Crippen LogP contribution >= 0.6 is 0 Å². The van der Waals surface area contributed by atoms with E-state index in [4.69, 9.17) is 5.73 Å². The summed E-state index contributed by atoms with van der Waals surface area (Å²) >= 11 is 0.